The van der Waals surface area contributed by atoms with Gasteiger partial charge < -0.3 is 0 Å². The fourth-order valence-corrected chi connectivity index (χ4v) is 2.63. The number of aromatic nitrogens is 2. The molecule has 0 atom stereocenters. The van der Waals surface area contributed by atoms with Crippen LogP contribution in [0.2, 0.25) is 0 Å². The Morgan fingerprint density at radius 1 is 1.50 bits per heavy atom. The van der Waals surface area contributed by atoms with Crippen LogP contribution in [0.5, 0.6) is 0 Å². The number of nitrogens with zero attached hydrogens (tertiary/aromatic N) is 4. The fourth-order valence-electron chi connectivity index (χ4n) is 1.97. The molecule has 0 N–H and O–H groups in total. The average molecular weight is 288 g/mol. The van der Waals surface area contributed by atoms with Crippen molar-refractivity contribution in [1.29, 1.82) is 5.26 Å². The van der Waals surface area contributed by atoms with Crippen LogP contribution in [0.15, 0.2) is 21.6 Å². The molecule has 0 aromatic carbocycles. The number of hydrogen-bond acceptors (Lipinski definition) is 5. The maximum absolute atomic E-state index is 12.2. The molecule has 0 bridgehead atoms. The summed E-state index contributed by atoms with van der Waals surface area (Å²) in [4.78, 5) is 14.2. The summed E-state index contributed by atoms with van der Waals surface area (Å²) >= 11 is 1.65. The minimum Gasteiger partial charge on any atom is -0.283 e. The van der Waals surface area contributed by atoms with Gasteiger partial charge in [0.15, 0.2) is 0 Å². The Labute approximate surface area is 121 Å². The van der Waals surface area contributed by atoms with Gasteiger partial charge in [0.1, 0.15) is 11.6 Å². The molecule has 104 valence electrons. The Hall–Kier alpha value is -1.97. The highest BCUT2D eigenvalue weighted by Gasteiger charge is 2.12. The summed E-state index contributed by atoms with van der Waals surface area (Å²) in [7, 11) is 1.92. The monoisotopic (exact) mass is 288 g/mol. The van der Waals surface area contributed by atoms with Crippen LogP contribution in [0.25, 0.3) is 0 Å². The van der Waals surface area contributed by atoms with Crippen LogP contribution in [-0.2, 0) is 13.2 Å². The molecule has 2 rings (SSSR count). The molecule has 0 saturated heterocycles. The van der Waals surface area contributed by atoms with Gasteiger partial charge in [0, 0.05) is 6.54 Å². The Kier molecular flexibility index (Phi) is 4.32. The van der Waals surface area contributed by atoms with Gasteiger partial charge in [-0.1, -0.05) is 0 Å². The zero-order valence-corrected chi connectivity index (χ0v) is 12.6. The van der Waals surface area contributed by atoms with Crippen LogP contribution in [0.4, 0.5) is 0 Å². The lowest BCUT2D eigenvalue weighted by molar-refractivity contribution is 0.239. The Morgan fingerprint density at radius 3 is 2.85 bits per heavy atom. The van der Waals surface area contributed by atoms with E-state index in [4.69, 9.17) is 5.26 Å². The van der Waals surface area contributed by atoms with Gasteiger partial charge in [-0.3, -0.25) is 9.69 Å². The quantitative estimate of drug-likeness (QED) is 0.862. The van der Waals surface area contributed by atoms with Crippen molar-refractivity contribution in [3.05, 3.63) is 49.6 Å². The van der Waals surface area contributed by atoms with Gasteiger partial charge in [0.05, 0.1) is 12.4 Å². The molecule has 6 heteroatoms. The van der Waals surface area contributed by atoms with Gasteiger partial charge >= 0.3 is 0 Å². The van der Waals surface area contributed by atoms with Crippen molar-refractivity contribution >= 4 is 11.3 Å². The average Bonchev–Trinajstić information content (AvgIpc) is 2.89. The molecule has 0 aliphatic rings. The number of nitriles is 1. The van der Waals surface area contributed by atoms with Gasteiger partial charge in [-0.05, 0) is 48.8 Å². The van der Waals surface area contributed by atoms with Crippen molar-refractivity contribution in [3.63, 3.8) is 0 Å². The minimum atomic E-state index is -0.326. The predicted molar refractivity (Wildman–Crippen MR) is 78.5 cm³/mol. The first kappa shape index (κ1) is 14.4. The number of hydrogen-bond donors (Lipinski definition) is 0. The third-order valence-electron chi connectivity index (χ3n) is 3.16. The summed E-state index contributed by atoms with van der Waals surface area (Å²) in [5, 5.41) is 17.5. The van der Waals surface area contributed by atoms with E-state index >= 15 is 0 Å². The van der Waals surface area contributed by atoms with Crippen LogP contribution in [0, 0.1) is 25.2 Å². The summed E-state index contributed by atoms with van der Waals surface area (Å²) in [6.45, 7) is 4.67. The maximum Gasteiger partial charge on any atom is 0.286 e. The molecule has 20 heavy (non-hydrogen) atoms. The molecule has 0 aliphatic carbocycles. The Morgan fingerprint density at radius 2 is 2.25 bits per heavy atom. The van der Waals surface area contributed by atoms with E-state index in [1.807, 2.05) is 30.3 Å². The lowest BCUT2D eigenvalue weighted by Crippen LogP contribution is -2.33. The van der Waals surface area contributed by atoms with E-state index in [1.165, 1.54) is 10.2 Å². The summed E-state index contributed by atoms with van der Waals surface area (Å²) < 4.78 is 1.35. The molecule has 0 unspecified atom stereocenters. The molecule has 0 radical (unpaired) electrons. The highest BCUT2D eigenvalue weighted by atomic mass is 32.1. The maximum atomic E-state index is 12.2. The van der Waals surface area contributed by atoms with Crippen molar-refractivity contribution in [2.24, 2.45) is 0 Å². The second-order valence-electron chi connectivity index (χ2n) is 4.79. The first-order chi connectivity index (χ1) is 9.52. The standard InChI is InChI=1S/C14H16N4OS/c1-10-11(2)16-18(14(19)13(10)6-15)9-17(3)7-12-4-5-20-8-12/h4-5,8H,7,9H2,1-3H3. The van der Waals surface area contributed by atoms with Gasteiger partial charge in [0.25, 0.3) is 5.56 Å². The van der Waals surface area contributed by atoms with E-state index < -0.39 is 0 Å². The molecule has 2 heterocycles. The molecule has 2 aromatic rings. The fraction of sp³-hybridized carbons (Fsp3) is 0.357. The first-order valence-electron chi connectivity index (χ1n) is 6.21. The van der Waals surface area contributed by atoms with Crippen LogP contribution < -0.4 is 5.56 Å². The number of thiophene rings is 1. The van der Waals surface area contributed by atoms with Crippen LogP contribution in [-0.4, -0.2) is 21.7 Å². The normalized spacial score (nSPS) is 10.8. The van der Waals surface area contributed by atoms with E-state index in [0.29, 0.717) is 17.9 Å². The smallest absolute Gasteiger partial charge is 0.283 e. The van der Waals surface area contributed by atoms with Gasteiger partial charge in [-0.15, -0.1) is 0 Å². The van der Waals surface area contributed by atoms with Crippen molar-refractivity contribution in [1.82, 2.24) is 14.7 Å². The molecular weight excluding hydrogens is 272 g/mol. The zero-order chi connectivity index (χ0) is 14.7. The van der Waals surface area contributed by atoms with Crippen molar-refractivity contribution in [3.8, 4) is 6.07 Å². The predicted octanol–water partition coefficient (Wildman–Crippen LogP) is 1.88. The summed E-state index contributed by atoms with van der Waals surface area (Å²) in [5.74, 6) is 0. The minimum absolute atomic E-state index is 0.182. The zero-order valence-electron chi connectivity index (χ0n) is 11.8. The summed E-state index contributed by atoms with van der Waals surface area (Å²) in [6.07, 6.45) is 0. The summed E-state index contributed by atoms with van der Waals surface area (Å²) in [6, 6.07) is 4.03. The van der Waals surface area contributed by atoms with Gasteiger partial charge in [-0.25, -0.2) is 4.68 Å². The van der Waals surface area contributed by atoms with E-state index in [2.05, 4.69) is 16.5 Å². The molecular formula is C14H16N4OS. The Bertz CT molecular complexity index is 697. The third kappa shape index (κ3) is 2.95. The second kappa shape index (κ2) is 5.99. The highest BCUT2D eigenvalue weighted by molar-refractivity contribution is 7.07. The van der Waals surface area contributed by atoms with Crippen LogP contribution in [0.3, 0.4) is 0 Å². The van der Waals surface area contributed by atoms with Crippen molar-refractivity contribution < 1.29 is 0 Å². The van der Waals surface area contributed by atoms with Crippen LogP contribution >= 0.6 is 11.3 Å². The molecule has 0 spiro atoms. The molecule has 0 saturated carbocycles. The summed E-state index contributed by atoms with van der Waals surface area (Å²) in [5.41, 5.74) is 2.43. The lowest BCUT2D eigenvalue weighted by atomic mass is 10.1. The second-order valence-corrected chi connectivity index (χ2v) is 5.57. The molecule has 0 aliphatic heterocycles. The molecule has 5 nitrogen and oxygen atoms in total. The van der Waals surface area contributed by atoms with E-state index in [-0.39, 0.29) is 11.1 Å². The van der Waals surface area contributed by atoms with Gasteiger partial charge in [-0.2, -0.15) is 21.7 Å². The first-order valence-corrected chi connectivity index (χ1v) is 7.15. The molecule has 0 fully saturated rings. The molecule has 0 amide bonds. The largest absolute Gasteiger partial charge is 0.286 e. The van der Waals surface area contributed by atoms with E-state index in [0.717, 1.165) is 6.54 Å². The highest BCUT2D eigenvalue weighted by Crippen LogP contribution is 2.09. The SMILES string of the molecule is Cc1nn(CN(C)Cc2ccsc2)c(=O)c(C#N)c1C. The van der Waals surface area contributed by atoms with E-state index in [9.17, 15) is 4.79 Å². The number of rotatable bonds is 4. The van der Waals surface area contributed by atoms with Crippen molar-refractivity contribution in [2.45, 2.75) is 27.1 Å². The molecule has 2 aromatic heterocycles. The van der Waals surface area contributed by atoms with Crippen LogP contribution in [0.1, 0.15) is 22.4 Å². The van der Waals surface area contributed by atoms with Gasteiger partial charge in [0.2, 0.25) is 0 Å². The number of aryl methyl sites for hydroxylation is 1. The van der Waals surface area contributed by atoms with Crippen molar-refractivity contribution in [2.75, 3.05) is 7.05 Å². The lowest BCUT2D eigenvalue weighted by Gasteiger charge is -2.17. The topological polar surface area (TPSA) is 61.9 Å². The Balaban J connectivity index is 2.24. The van der Waals surface area contributed by atoms with E-state index in [1.54, 1.807) is 18.3 Å². The third-order valence-corrected chi connectivity index (χ3v) is 3.89.